The van der Waals surface area contributed by atoms with Crippen LogP contribution in [0.5, 0.6) is 0 Å². The van der Waals surface area contributed by atoms with Crippen LogP contribution in [0.4, 0.5) is 0 Å². The standard InChI is InChI=1S/C11H19NOS/c1-7(2)10-8-4-5-9(6-8)11(10)12-14(3)13/h4-5,7-12H,6H2,1-3H3/t8-,9+,10?,11+,14?/m0/s1. The molecule has 2 nitrogen and oxygen atoms in total. The summed E-state index contributed by atoms with van der Waals surface area (Å²) in [5.74, 6) is 2.70. The molecule has 1 N–H and O–H groups in total. The van der Waals surface area contributed by atoms with Gasteiger partial charge in [0.2, 0.25) is 0 Å². The van der Waals surface area contributed by atoms with Gasteiger partial charge in [-0.3, -0.25) is 0 Å². The van der Waals surface area contributed by atoms with Gasteiger partial charge in [0.25, 0.3) is 0 Å². The summed E-state index contributed by atoms with van der Waals surface area (Å²) < 4.78 is 14.4. The second-order valence-electron chi connectivity index (χ2n) is 4.87. The molecular formula is C11H19NOS. The zero-order chi connectivity index (χ0) is 10.3. The lowest BCUT2D eigenvalue weighted by atomic mass is 9.81. The summed E-state index contributed by atoms with van der Waals surface area (Å²) in [5.41, 5.74) is 0. The molecule has 5 atom stereocenters. The lowest BCUT2D eigenvalue weighted by Crippen LogP contribution is -2.44. The maximum absolute atomic E-state index is 11.2. The van der Waals surface area contributed by atoms with Crippen LogP contribution in [-0.4, -0.2) is 16.9 Å². The summed E-state index contributed by atoms with van der Waals surface area (Å²) in [6.07, 6.45) is 7.64. The smallest absolute Gasteiger partial charge is 0.115 e. The van der Waals surface area contributed by atoms with Crippen molar-refractivity contribution in [1.29, 1.82) is 0 Å². The molecule has 2 bridgehead atoms. The summed E-state index contributed by atoms with van der Waals surface area (Å²) in [4.78, 5) is 0. The Morgan fingerprint density at radius 3 is 2.57 bits per heavy atom. The molecule has 0 radical (unpaired) electrons. The molecular weight excluding hydrogens is 194 g/mol. The molecule has 2 rings (SSSR count). The van der Waals surface area contributed by atoms with Gasteiger partial charge in [0, 0.05) is 11.4 Å². The quantitative estimate of drug-likeness (QED) is 0.572. The van der Waals surface area contributed by atoms with Crippen LogP contribution in [0.15, 0.2) is 12.2 Å². The molecule has 0 aromatic carbocycles. The fraction of sp³-hybridized carbons (Fsp3) is 0.818. The average Bonchev–Trinajstić information content (AvgIpc) is 2.61. The molecule has 0 amide bonds. The highest BCUT2D eigenvalue weighted by Crippen LogP contribution is 2.46. The minimum absolute atomic E-state index is 0.441. The molecule has 1 saturated carbocycles. The maximum Gasteiger partial charge on any atom is 0.115 e. The number of nitrogens with one attached hydrogen (secondary N) is 1. The Labute approximate surface area is 89.5 Å². The summed E-state index contributed by atoms with van der Waals surface area (Å²) in [5, 5.41) is 0. The van der Waals surface area contributed by atoms with Crippen LogP contribution in [0.25, 0.3) is 0 Å². The van der Waals surface area contributed by atoms with Gasteiger partial charge in [-0.25, -0.2) is 0 Å². The summed E-state index contributed by atoms with van der Waals surface area (Å²) in [7, 11) is 0. The van der Waals surface area contributed by atoms with E-state index in [0.29, 0.717) is 23.8 Å². The molecule has 2 aliphatic carbocycles. The van der Waals surface area contributed by atoms with Crippen molar-refractivity contribution in [2.45, 2.75) is 26.3 Å². The Kier molecular flexibility index (Phi) is 2.91. The minimum Gasteiger partial charge on any atom is -0.598 e. The van der Waals surface area contributed by atoms with Gasteiger partial charge in [0.05, 0.1) is 6.04 Å². The lowest BCUT2D eigenvalue weighted by molar-refractivity contribution is 0.280. The van der Waals surface area contributed by atoms with E-state index in [4.69, 9.17) is 0 Å². The summed E-state index contributed by atoms with van der Waals surface area (Å²) >= 11 is -0.878. The molecule has 0 saturated heterocycles. The van der Waals surface area contributed by atoms with Crippen molar-refractivity contribution in [1.82, 2.24) is 4.72 Å². The van der Waals surface area contributed by atoms with E-state index in [9.17, 15) is 4.55 Å². The Balaban J connectivity index is 2.10. The third kappa shape index (κ3) is 1.73. The van der Waals surface area contributed by atoms with Gasteiger partial charge in [0.15, 0.2) is 0 Å². The largest absolute Gasteiger partial charge is 0.598 e. The van der Waals surface area contributed by atoms with Crippen molar-refractivity contribution in [3.05, 3.63) is 12.2 Å². The molecule has 0 aliphatic heterocycles. The predicted octanol–water partition coefficient (Wildman–Crippen LogP) is 1.72. The second-order valence-corrected chi connectivity index (χ2v) is 6.01. The first-order chi connectivity index (χ1) is 6.59. The van der Waals surface area contributed by atoms with E-state index >= 15 is 0 Å². The van der Waals surface area contributed by atoms with E-state index in [-0.39, 0.29) is 0 Å². The van der Waals surface area contributed by atoms with Gasteiger partial charge in [-0.15, -0.1) is 4.72 Å². The number of fused-ring (bicyclic) bond motifs is 2. The van der Waals surface area contributed by atoms with E-state index in [2.05, 4.69) is 30.7 Å². The summed E-state index contributed by atoms with van der Waals surface area (Å²) in [6.45, 7) is 4.54. The normalized spacial score (nSPS) is 42.4. The van der Waals surface area contributed by atoms with Crippen LogP contribution in [0.2, 0.25) is 0 Å². The van der Waals surface area contributed by atoms with Crippen molar-refractivity contribution < 1.29 is 4.55 Å². The molecule has 0 aromatic heterocycles. The van der Waals surface area contributed by atoms with Crippen LogP contribution in [0.3, 0.4) is 0 Å². The van der Waals surface area contributed by atoms with Crippen molar-refractivity contribution in [2.75, 3.05) is 6.26 Å². The van der Waals surface area contributed by atoms with E-state index in [1.165, 1.54) is 6.42 Å². The Hall–Kier alpha value is 0.01000. The zero-order valence-electron chi connectivity index (χ0n) is 9.07. The highest BCUT2D eigenvalue weighted by Gasteiger charge is 2.47. The zero-order valence-corrected chi connectivity index (χ0v) is 9.88. The Morgan fingerprint density at radius 1 is 1.36 bits per heavy atom. The molecule has 0 spiro atoms. The van der Waals surface area contributed by atoms with Gasteiger partial charge in [-0.2, -0.15) is 0 Å². The summed E-state index contributed by atoms with van der Waals surface area (Å²) in [6, 6.07) is 0.441. The van der Waals surface area contributed by atoms with Crippen molar-refractivity contribution in [3.8, 4) is 0 Å². The van der Waals surface area contributed by atoms with Gasteiger partial charge < -0.3 is 4.55 Å². The topological polar surface area (TPSA) is 35.1 Å². The third-order valence-corrected chi connectivity index (χ3v) is 4.20. The molecule has 2 unspecified atom stereocenters. The highest BCUT2D eigenvalue weighted by atomic mass is 32.2. The molecule has 0 aromatic rings. The Morgan fingerprint density at radius 2 is 2.00 bits per heavy atom. The first kappa shape index (κ1) is 10.5. The highest BCUT2D eigenvalue weighted by molar-refractivity contribution is 7.88. The number of hydrogen-bond acceptors (Lipinski definition) is 2. The van der Waals surface area contributed by atoms with Gasteiger partial charge >= 0.3 is 0 Å². The number of hydrogen-bond donors (Lipinski definition) is 1. The molecule has 3 heteroatoms. The maximum atomic E-state index is 11.2. The molecule has 14 heavy (non-hydrogen) atoms. The fourth-order valence-corrected chi connectivity index (χ4v) is 3.84. The van der Waals surface area contributed by atoms with E-state index in [1.807, 2.05) is 0 Å². The monoisotopic (exact) mass is 213 g/mol. The molecule has 2 aliphatic rings. The van der Waals surface area contributed by atoms with Crippen molar-refractivity contribution in [2.24, 2.45) is 23.7 Å². The van der Waals surface area contributed by atoms with Gasteiger partial charge in [0.1, 0.15) is 6.26 Å². The number of allylic oxidation sites excluding steroid dienone is 1. The average molecular weight is 213 g/mol. The van der Waals surface area contributed by atoms with Gasteiger partial charge in [-0.05, 0) is 30.1 Å². The van der Waals surface area contributed by atoms with E-state index in [1.54, 1.807) is 6.26 Å². The Bertz CT molecular complexity index is 239. The van der Waals surface area contributed by atoms with Crippen LogP contribution >= 0.6 is 0 Å². The van der Waals surface area contributed by atoms with Crippen LogP contribution in [0.1, 0.15) is 20.3 Å². The van der Waals surface area contributed by atoms with Crippen LogP contribution in [0, 0.1) is 23.7 Å². The van der Waals surface area contributed by atoms with Crippen LogP contribution < -0.4 is 4.72 Å². The predicted molar refractivity (Wildman–Crippen MR) is 60.1 cm³/mol. The first-order valence-electron chi connectivity index (χ1n) is 5.37. The van der Waals surface area contributed by atoms with Gasteiger partial charge in [-0.1, -0.05) is 26.0 Å². The second kappa shape index (κ2) is 3.87. The van der Waals surface area contributed by atoms with Crippen molar-refractivity contribution in [3.63, 3.8) is 0 Å². The third-order valence-electron chi connectivity index (χ3n) is 3.59. The minimum atomic E-state index is -0.878. The van der Waals surface area contributed by atoms with E-state index < -0.39 is 11.4 Å². The SMILES string of the molecule is CC(C)C1[C@H]2C=C[C@H](C2)[C@H]1N[S+](C)[O-]. The number of rotatable bonds is 3. The van der Waals surface area contributed by atoms with E-state index in [0.717, 1.165) is 5.92 Å². The van der Waals surface area contributed by atoms with Crippen LogP contribution in [-0.2, 0) is 11.4 Å². The first-order valence-corrected chi connectivity index (χ1v) is 6.93. The van der Waals surface area contributed by atoms with Crippen molar-refractivity contribution >= 4 is 11.4 Å². The molecule has 0 heterocycles. The lowest BCUT2D eigenvalue weighted by Gasteiger charge is -2.30. The molecule has 1 fully saturated rings. The fourth-order valence-electron chi connectivity index (χ4n) is 3.13. The molecule has 80 valence electrons.